The standard InChI is InChI=1S/C18H24N4O/c1-21-17(14-4-5-16-13(11-14)3-2-8-19-16)20-23-18(21)12-22-9-6-15(18)7-10-22/h4-5,11,15,19H,2-3,6-10,12H2,1H3/t18-/m0/s1. The molecule has 1 spiro atoms. The van der Waals surface area contributed by atoms with E-state index in [1.54, 1.807) is 0 Å². The summed E-state index contributed by atoms with van der Waals surface area (Å²) in [6.07, 6.45) is 4.80. The highest BCUT2D eigenvalue weighted by atomic mass is 16.7. The van der Waals surface area contributed by atoms with Gasteiger partial charge in [0, 0.05) is 30.8 Å². The Morgan fingerprint density at radius 1 is 1.30 bits per heavy atom. The van der Waals surface area contributed by atoms with Gasteiger partial charge in [-0.1, -0.05) is 5.16 Å². The van der Waals surface area contributed by atoms with E-state index in [0.717, 1.165) is 25.3 Å². The van der Waals surface area contributed by atoms with Crippen LogP contribution in [0.5, 0.6) is 0 Å². The van der Waals surface area contributed by atoms with E-state index in [0.29, 0.717) is 5.92 Å². The van der Waals surface area contributed by atoms with Gasteiger partial charge in [-0.15, -0.1) is 0 Å². The van der Waals surface area contributed by atoms with Crippen molar-refractivity contribution in [2.24, 2.45) is 11.1 Å². The molecule has 0 amide bonds. The van der Waals surface area contributed by atoms with E-state index in [1.807, 2.05) is 0 Å². The topological polar surface area (TPSA) is 40.1 Å². The number of amidine groups is 1. The molecule has 1 aromatic carbocycles. The molecule has 0 unspecified atom stereocenters. The zero-order valence-electron chi connectivity index (χ0n) is 13.7. The molecule has 2 bridgehead atoms. The molecule has 3 saturated heterocycles. The summed E-state index contributed by atoms with van der Waals surface area (Å²) in [5.41, 5.74) is 3.63. The molecule has 5 aliphatic rings. The SMILES string of the molecule is CN1C(c2ccc3c(c2)CCCN3)=NO[C@]12CN1CCC2CC1. The van der Waals surface area contributed by atoms with Gasteiger partial charge in [-0.25, -0.2) is 0 Å². The lowest BCUT2D eigenvalue weighted by Crippen LogP contribution is -2.65. The van der Waals surface area contributed by atoms with Gasteiger partial charge < -0.3 is 15.1 Å². The Balaban J connectivity index is 1.46. The van der Waals surface area contributed by atoms with Crippen LogP contribution in [-0.2, 0) is 11.3 Å². The van der Waals surface area contributed by atoms with Crippen molar-refractivity contribution >= 4 is 11.5 Å². The minimum absolute atomic E-state index is 0.236. The maximum Gasteiger partial charge on any atom is 0.226 e. The van der Waals surface area contributed by atoms with Crippen LogP contribution in [0.2, 0.25) is 0 Å². The molecule has 5 heteroatoms. The summed E-state index contributed by atoms with van der Waals surface area (Å²) in [5, 5.41) is 8.01. The highest BCUT2D eigenvalue weighted by molar-refractivity contribution is 6.00. The fourth-order valence-electron chi connectivity index (χ4n) is 4.76. The molecular formula is C18H24N4O. The van der Waals surface area contributed by atoms with Gasteiger partial charge >= 0.3 is 0 Å². The van der Waals surface area contributed by atoms with Crippen LogP contribution in [0.15, 0.2) is 23.4 Å². The molecule has 5 aliphatic heterocycles. The van der Waals surface area contributed by atoms with Gasteiger partial charge in [0.05, 0.1) is 6.54 Å². The number of likely N-dealkylation sites (N-methyl/N-ethyl adjacent to an activating group) is 1. The van der Waals surface area contributed by atoms with Gasteiger partial charge in [0.25, 0.3) is 0 Å². The number of fused-ring (bicyclic) bond motifs is 3. The van der Waals surface area contributed by atoms with Gasteiger partial charge in [0.15, 0.2) is 5.84 Å². The lowest BCUT2D eigenvalue weighted by atomic mass is 9.80. The van der Waals surface area contributed by atoms with E-state index >= 15 is 0 Å². The van der Waals surface area contributed by atoms with Crippen molar-refractivity contribution in [3.05, 3.63) is 29.3 Å². The fraction of sp³-hybridized carbons (Fsp3) is 0.611. The van der Waals surface area contributed by atoms with Gasteiger partial charge in [0.2, 0.25) is 5.72 Å². The number of anilines is 1. The first-order chi connectivity index (χ1) is 11.3. The van der Waals surface area contributed by atoms with E-state index in [-0.39, 0.29) is 5.72 Å². The highest BCUT2D eigenvalue weighted by Gasteiger charge is 2.55. The van der Waals surface area contributed by atoms with Crippen LogP contribution in [0.4, 0.5) is 5.69 Å². The van der Waals surface area contributed by atoms with Crippen molar-refractivity contribution in [3.63, 3.8) is 0 Å². The van der Waals surface area contributed by atoms with Crippen molar-refractivity contribution in [2.45, 2.75) is 31.4 Å². The second-order valence-electron chi connectivity index (χ2n) is 7.36. The van der Waals surface area contributed by atoms with E-state index in [1.165, 1.54) is 49.2 Å². The third kappa shape index (κ3) is 1.92. The molecule has 1 atom stereocenters. The predicted octanol–water partition coefficient (Wildman–Crippen LogP) is 2.09. The Hall–Kier alpha value is -1.75. The third-order valence-corrected chi connectivity index (χ3v) is 6.15. The molecule has 5 nitrogen and oxygen atoms in total. The van der Waals surface area contributed by atoms with Gasteiger partial charge in [-0.2, -0.15) is 0 Å². The quantitative estimate of drug-likeness (QED) is 0.862. The van der Waals surface area contributed by atoms with Crippen LogP contribution < -0.4 is 5.32 Å². The molecule has 0 aliphatic carbocycles. The molecule has 0 saturated carbocycles. The molecule has 0 aromatic heterocycles. The molecule has 0 radical (unpaired) electrons. The Labute approximate surface area is 137 Å². The first-order valence-electron chi connectivity index (χ1n) is 8.86. The van der Waals surface area contributed by atoms with E-state index in [2.05, 4.69) is 45.5 Å². The smallest absolute Gasteiger partial charge is 0.226 e. The van der Waals surface area contributed by atoms with Crippen LogP contribution in [0.25, 0.3) is 0 Å². The normalized spacial score (nSPS) is 34.8. The van der Waals surface area contributed by atoms with Crippen molar-refractivity contribution in [3.8, 4) is 0 Å². The maximum atomic E-state index is 6.10. The summed E-state index contributed by atoms with van der Waals surface area (Å²) in [6.45, 7) is 4.48. The average Bonchev–Trinajstić information content (AvgIpc) is 2.92. The number of hydrogen-bond donors (Lipinski definition) is 1. The number of piperidine rings is 3. The number of benzene rings is 1. The summed E-state index contributed by atoms with van der Waals surface area (Å²) in [7, 11) is 2.16. The molecule has 5 heterocycles. The molecule has 3 fully saturated rings. The van der Waals surface area contributed by atoms with Crippen LogP contribution >= 0.6 is 0 Å². The van der Waals surface area contributed by atoms with Gasteiger partial charge in [0.1, 0.15) is 0 Å². The number of oxime groups is 1. The largest absolute Gasteiger partial charge is 0.385 e. The molecular weight excluding hydrogens is 288 g/mol. The number of hydrogen-bond acceptors (Lipinski definition) is 5. The lowest BCUT2D eigenvalue weighted by molar-refractivity contribution is -0.190. The van der Waals surface area contributed by atoms with Crippen molar-refractivity contribution < 1.29 is 4.84 Å². The first kappa shape index (κ1) is 13.7. The minimum Gasteiger partial charge on any atom is -0.385 e. The summed E-state index contributed by atoms with van der Waals surface area (Å²) in [5.74, 6) is 1.59. The lowest BCUT2D eigenvalue weighted by Gasteiger charge is -2.52. The zero-order chi connectivity index (χ0) is 15.4. The average molecular weight is 312 g/mol. The molecule has 1 N–H and O–H groups in total. The number of aryl methyl sites for hydroxylation is 1. The molecule has 23 heavy (non-hydrogen) atoms. The summed E-state index contributed by atoms with van der Waals surface area (Å²) in [4.78, 5) is 10.9. The predicted molar refractivity (Wildman–Crippen MR) is 90.5 cm³/mol. The minimum atomic E-state index is -0.236. The van der Waals surface area contributed by atoms with E-state index in [4.69, 9.17) is 4.84 Å². The highest BCUT2D eigenvalue weighted by Crippen LogP contribution is 2.43. The van der Waals surface area contributed by atoms with E-state index in [9.17, 15) is 0 Å². The summed E-state index contributed by atoms with van der Waals surface area (Å²) >= 11 is 0. The Bertz CT molecular complexity index is 665. The summed E-state index contributed by atoms with van der Waals surface area (Å²) in [6, 6.07) is 6.67. The maximum absolute atomic E-state index is 6.10. The van der Waals surface area contributed by atoms with Crippen molar-refractivity contribution in [2.75, 3.05) is 38.5 Å². The molecule has 1 aromatic rings. The number of nitrogens with zero attached hydrogens (tertiary/aromatic N) is 3. The third-order valence-electron chi connectivity index (χ3n) is 6.15. The zero-order valence-corrected chi connectivity index (χ0v) is 13.7. The van der Waals surface area contributed by atoms with Crippen molar-refractivity contribution in [1.82, 2.24) is 9.80 Å². The van der Waals surface area contributed by atoms with Crippen LogP contribution in [-0.4, -0.2) is 54.6 Å². The van der Waals surface area contributed by atoms with Gasteiger partial charge in [-0.05, 0) is 62.5 Å². The monoisotopic (exact) mass is 312 g/mol. The van der Waals surface area contributed by atoms with E-state index < -0.39 is 0 Å². The molecule has 122 valence electrons. The van der Waals surface area contributed by atoms with Crippen molar-refractivity contribution in [1.29, 1.82) is 0 Å². The number of rotatable bonds is 1. The Morgan fingerprint density at radius 2 is 2.17 bits per heavy atom. The second kappa shape index (κ2) is 4.87. The Kier molecular flexibility index (Phi) is 2.89. The summed E-state index contributed by atoms with van der Waals surface area (Å²) < 4.78 is 0. The first-order valence-corrected chi connectivity index (χ1v) is 8.86. The fourth-order valence-corrected chi connectivity index (χ4v) is 4.76. The molecule has 6 rings (SSSR count). The van der Waals surface area contributed by atoms with Crippen LogP contribution in [0, 0.1) is 5.92 Å². The Morgan fingerprint density at radius 3 is 2.96 bits per heavy atom. The second-order valence-corrected chi connectivity index (χ2v) is 7.36. The number of nitrogens with one attached hydrogen (secondary N) is 1. The van der Waals surface area contributed by atoms with Crippen LogP contribution in [0.3, 0.4) is 0 Å². The van der Waals surface area contributed by atoms with Gasteiger partial charge in [-0.3, -0.25) is 4.90 Å². The van der Waals surface area contributed by atoms with Crippen LogP contribution in [0.1, 0.15) is 30.4 Å².